The molecule has 6 heteroatoms. The number of unbranched alkanes of at least 4 members (excludes halogenated alkanes) is 1. The van der Waals surface area contributed by atoms with Crippen LogP contribution in [0.4, 0.5) is 13.6 Å². The number of nitrogens with one attached hydrogen (secondary N) is 1. The van der Waals surface area contributed by atoms with Crippen LogP contribution in [0.2, 0.25) is 0 Å². The normalized spacial score (nSPS) is 18.9. The summed E-state index contributed by atoms with van der Waals surface area (Å²) in [7, 11) is 0. The molecule has 116 valence electrons. The first-order chi connectivity index (χ1) is 10.1. The van der Waals surface area contributed by atoms with E-state index in [0.717, 1.165) is 6.42 Å². The second-order valence-corrected chi connectivity index (χ2v) is 4.97. The Morgan fingerprint density at radius 1 is 1.48 bits per heavy atom. The highest BCUT2D eigenvalue weighted by molar-refractivity contribution is 5.68. The van der Waals surface area contributed by atoms with Gasteiger partial charge in [0.2, 0.25) is 0 Å². The molecular weight excluding hydrogens is 280 g/mol. The molecule has 0 aliphatic carbocycles. The second-order valence-electron chi connectivity index (χ2n) is 4.97. The van der Waals surface area contributed by atoms with E-state index in [0.29, 0.717) is 6.42 Å². The zero-order valence-electron chi connectivity index (χ0n) is 11.9. The number of epoxide rings is 1. The van der Waals surface area contributed by atoms with Crippen molar-refractivity contribution in [3.63, 3.8) is 0 Å². The van der Waals surface area contributed by atoms with Gasteiger partial charge in [-0.25, -0.2) is 4.79 Å². The number of hydrogen-bond donors (Lipinski definition) is 1. The minimum Gasteiger partial charge on any atom is -0.450 e. The van der Waals surface area contributed by atoms with Crippen LogP contribution < -0.4 is 5.32 Å². The third-order valence-corrected chi connectivity index (χ3v) is 3.28. The van der Waals surface area contributed by atoms with Crippen molar-refractivity contribution in [2.45, 2.75) is 37.8 Å². The molecule has 1 heterocycles. The maximum Gasteiger partial charge on any atom is 0.407 e. The molecule has 0 bridgehead atoms. The summed E-state index contributed by atoms with van der Waals surface area (Å²) in [6.45, 7) is 2.38. The lowest BCUT2D eigenvalue weighted by Crippen LogP contribution is -2.49. The molecule has 21 heavy (non-hydrogen) atoms. The van der Waals surface area contributed by atoms with Gasteiger partial charge in [-0.05, 0) is 6.42 Å². The molecule has 0 saturated carbocycles. The van der Waals surface area contributed by atoms with Crippen LogP contribution in [0.15, 0.2) is 30.3 Å². The van der Waals surface area contributed by atoms with Crippen molar-refractivity contribution in [1.82, 2.24) is 5.32 Å². The molecular formula is C15H19F2NO3. The highest BCUT2D eigenvalue weighted by Crippen LogP contribution is 2.37. The molecule has 1 aliphatic heterocycles. The van der Waals surface area contributed by atoms with Gasteiger partial charge in [0.25, 0.3) is 5.92 Å². The highest BCUT2D eigenvalue weighted by atomic mass is 19.3. The summed E-state index contributed by atoms with van der Waals surface area (Å²) in [5.74, 6) is -3.22. The maximum absolute atomic E-state index is 14.5. The first kappa shape index (κ1) is 15.7. The number of alkyl halides is 2. The summed E-state index contributed by atoms with van der Waals surface area (Å²) < 4.78 is 38.9. The zero-order chi connectivity index (χ0) is 15.3. The Morgan fingerprint density at radius 2 is 2.14 bits per heavy atom. The van der Waals surface area contributed by atoms with E-state index in [1.165, 1.54) is 24.3 Å². The lowest BCUT2D eigenvalue weighted by molar-refractivity contribution is -0.0507. The third-order valence-electron chi connectivity index (χ3n) is 3.28. The van der Waals surface area contributed by atoms with Crippen molar-refractivity contribution in [3.05, 3.63) is 35.9 Å². The molecule has 1 aromatic carbocycles. The average molecular weight is 299 g/mol. The summed E-state index contributed by atoms with van der Waals surface area (Å²) in [6.07, 6.45) is 0.0499. The Bertz CT molecular complexity index is 463. The van der Waals surface area contributed by atoms with Crippen LogP contribution >= 0.6 is 0 Å². The largest absolute Gasteiger partial charge is 0.450 e. The predicted octanol–water partition coefficient (Wildman–Crippen LogP) is 3.07. The molecule has 0 aromatic heterocycles. The van der Waals surface area contributed by atoms with Crippen LogP contribution in [0.1, 0.15) is 25.3 Å². The Labute approximate surface area is 122 Å². The van der Waals surface area contributed by atoms with Gasteiger partial charge in [-0.2, -0.15) is 8.78 Å². The van der Waals surface area contributed by atoms with E-state index in [-0.39, 0.29) is 18.8 Å². The lowest BCUT2D eigenvalue weighted by Gasteiger charge is -2.26. The van der Waals surface area contributed by atoms with Gasteiger partial charge < -0.3 is 14.8 Å². The lowest BCUT2D eigenvalue weighted by atomic mass is 9.99. The number of carbonyl (C=O) groups excluding carboxylic acids is 1. The number of ether oxygens (including phenoxy) is 2. The minimum atomic E-state index is -3.22. The van der Waals surface area contributed by atoms with Gasteiger partial charge >= 0.3 is 6.09 Å². The van der Waals surface area contributed by atoms with E-state index in [9.17, 15) is 13.6 Å². The summed E-state index contributed by atoms with van der Waals surface area (Å²) in [6, 6.07) is 5.98. The smallest absolute Gasteiger partial charge is 0.407 e. The minimum absolute atomic E-state index is 0.153. The molecule has 1 aliphatic rings. The van der Waals surface area contributed by atoms with E-state index in [1.807, 2.05) is 6.92 Å². The molecule has 1 N–H and O–H groups in total. The zero-order valence-corrected chi connectivity index (χ0v) is 11.9. The number of alkyl carbamates (subject to hydrolysis) is 1. The van der Waals surface area contributed by atoms with Gasteiger partial charge in [0.15, 0.2) is 0 Å². The van der Waals surface area contributed by atoms with Crippen LogP contribution in [0.5, 0.6) is 0 Å². The highest BCUT2D eigenvalue weighted by Gasteiger charge is 2.51. The predicted molar refractivity (Wildman–Crippen MR) is 73.3 cm³/mol. The fourth-order valence-electron chi connectivity index (χ4n) is 1.98. The van der Waals surface area contributed by atoms with Crippen molar-refractivity contribution in [3.8, 4) is 0 Å². The number of benzene rings is 1. The SMILES string of the molecule is CCCCOC(=O)N[C@H]([C@@H]1CO1)C(F)(F)c1ccccc1. The number of halogens is 2. The topological polar surface area (TPSA) is 50.9 Å². The number of amides is 1. The molecule has 1 fully saturated rings. The first-order valence-corrected chi connectivity index (χ1v) is 7.04. The quantitative estimate of drug-likeness (QED) is 0.622. The average Bonchev–Trinajstić information content (AvgIpc) is 3.30. The third kappa shape index (κ3) is 4.14. The van der Waals surface area contributed by atoms with E-state index >= 15 is 0 Å². The Hall–Kier alpha value is -1.69. The summed E-state index contributed by atoms with van der Waals surface area (Å²) >= 11 is 0. The van der Waals surface area contributed by atoms with E-state index in [4.69, 9.17) is 9.47 Å². The maximum atomic E-state index is 14.5. The molecule has 1 saturated heterocycles. The molecule has 2 rings (SSSR count). The monoisotopic (exact) mass is 299 g/mol. The molecule has 1 aromatic rings. The van der Waals surface area contributed by atoms with Gasteiger partial charge in [0.1, 0.15) is 12.1 Å². The first-order valence-electron chi connectivity index (χ1n) is 7.04. The van der Waals surface area contributed by atoms with Crippen molar-refractivity contribution < 1.29 is 23.0 Å². The summed E-state index contributed by atoms with van der Waals surface area (Å²) in [5.41, 5.74) is -0.153. The van der Waals surface area contributed by atoms with E-state index in [1.54, 1.807) is 6.07 Å². The number of hydrogen-bond acceptors (Lipinski definition) is 3. The fraction of sp³-hybridized carbons (Fsp3) is 0.533. The Morgan fingerprint density at radius 3 is 2.71 bits per heavy atom. The van der Waals surface area contributed by atoms with Crippen LogP contribution in [0, 0.1) is 0 Å². The van der Waals surface area contributed by atoms with Crippen LogP contribution in [-0.2, 0) is 15.4 Å². The van der Waals surface area contributed by atoms with Crippen molar-refractivity contribution >= 4 is 6.09 Å². The molecule has 2 atom stereocenters. The van der Waals surface area contributed by atoms with Crippen LogP contribution in [-0.4, -0.2) is 31.5 Å². The van der Waals surface area contributed by atoms with Crippen LogP contribution in [0.3, 0.4) is 0 Å². The van der Waals surface area contributed by atoms with E-state index < -0.39 is 24.2 Å². The number of carbonyl (C=O) groups is 1. The van der Waals surface area contributed by atoms with Crippen molar-refractivity contribution in [2.75, 3.05) is 13.2 Å². The van der Waals surface area contributed by atoms with Crippen molar-refractivity contribution in [2.24, 2.45) is 0 Å². The standard InChI is InChI=1S/C15H19F2NO3/c1-2-3-9-20-14(19)18-13(12-10-21-12)15(16,17)11-7-5-4-6-8-11/h4-8,12-13H,2-3,9-10H2,1H3,(H,18,19)/t12-,13+/m0/s1. The van der Waals surface area contributed by atoms with Gasteiger partial charge in [0, 0.05) is 5.56 Å². The fourth-order valence-corrected chi connectivity index (χ4v) is 1.98. The van der Waals surface area contributed by atoms with Gasteiger partial charge in [-0.3, -0.25) is 0 Å². The second kappa shape index (κ2) is 6.85. The van der Waals surface area contributed by atoms with Gasteiger partial charge in [-0.15, -0.1) is 0 Å². The van der Waals surface area contributed by atoms with E-state index in [2.05, 4.69) is 5.32 Å². The molecule has 1 amide bonds. The summed E-state index contributed by atoms with van der Waals surface area (Å²) in [4.78, 5) is 11.6. The van der Waals surface area contributed by atoms with Crippen molar-refractivity contribution in [1.29, 1.82) is 0 Å². The summed E-state index contributed by atoms with van der Waals surface area (Å²) in [5, 5.41) is 2.24. The molecule has 0 unspecified atom stereocenters. The van der Waals surface area contributed by atoms with Gasteiger partial charge in [0.05, 0.1) is 13.2 Å². The Kier molecular flexibility index (Phi) is 5.12. The molecule has 0 radical (unpaired) electrons. The van der Waals surface area contributed by atoms with Gasteiger partial charge in [-0.1, -0.05) is 43.7 Å². The molecule has 4 nitrogen and oxygen atoms in total. The Balaban J connectivity index is 2.03. The molecule has 0 spiro atoms. The van der Waals surface area contributed by atoms with Crippen LogP contribution in [0.25, 0.3) is 0 Å². The number of rotatable bonds is 7.